The van der Waals surface area contributed by atoms with Gasteiger partial charge in [-0.15, -0.1) is 0 Å². The second-order valence-electron chi connectivity index (χ2n) is 4.93. The monoisotopic (exact) mass is 437 g/mol. The van der Waals surface area contributed by atoms with E-state index in [2.05, 4.69) is 15.9 Å². The van der Waals surface area contributed by atoms with Gasteiger partial charge >= 0.3 is 10.2 Å². The Morgan fingerprint density at radius 2 is 1.65 bits per heavy atom. The van der Waals surface area contributed by atoms with Crippen molar-refractivity contribution < 1.29 is 19.4 Å². The summed E-state index contributed by atoms with van der Waals surface area (Å²) < 4.78 is 64.8. The zero-order valence-corrected chi connectivity index (χ0v) is 14.6. The van der Waals surface area contributed by atoms with Crippen LogP contribution in [0.15, 0.2) is 50.7 Å². The number of aromatic nitrogens is 1. The third kappa shape index (κ3) is 4.07. The van der Waals surface area contributed by atoms with Crippen LogP contribution in [0.4, 0.5) is 19.4 Å². The number of hydrogen-bond acceptors (Lipinski definition) is 1. The van der Waals surface area contributed by atoms with Crippen molar-refractivity contribution >= 4 is 37.8 Å². The minimum absolute atomic E-state index is 0.181. The van der Waals surface area contributed by atoms with Crippen LogP contribution in [0, 0.1) is 0 Å². The van der Waals surface area contributed by atoms with E-state index in [9.17, 15) is 24.2 Å². The van der Waals surface area contributed by atoms with Gasteiger partial charge in [0.1, 0.15) is 4.90 Å². The SMILES string of the molecule is CC(c1ccc(S(F)(F)(F)(F)F)cc1)n1cc(Cl)cc(Br)c1=O. The fraction of sp³-hybridized carbons (Fsp3) is 0.154. The lowest BCUT2D eigenvalue weighted by Crippen LogP contribution is -2.24. The normalized spacial score (nSPS) is 16.5. The number of benzene rings is 1. The molecule has 23 heavy (non-hydrogen) atoms. The average molecular weight is 439 g/mol. The molecule has 1 unspecified atom stereocenters. The van der Waals surface area contributed by atoms with Gasteiger partial charge in [0.25, 0.3) is 5.56 Å². The highest BCUT2D eigenvalue weighted by Gasteiger charge is 2.65. The summed E-state index contributed by atoms with van der Waals surface area (Å²) in [6.07, 6.45) is 1.32. The minimum atomic E-state index is -9.70. The van der Waals surface area contributed by atoms with Crippen LogP contribution in [0.1, 0.15) is 18.5 Å². The molecule has 0 aliphatic carbocycles. The van der Waals surface area contributed by atoms with Crippen molar-refractivity contribution in [1.82, 2.24) is 4.57 Å². The van der Waals surface area contributed by atoms with Crippen molar-refractivity contribution in [2.75, 3.05) is 0 Å². The molecule has 1 aromatic heterocycles. The summed E-state index contributed by atoms with van der Waals surface area (Å²) >= 11 is 8.87. The molecule has 0 radical (unpaired) electrons. The molecule has 2 rings (SSSR count). The van der Waals surface area contributed by atoms with Crippen LogP contribution in [0.25, 0.3) is 0 Å². The highest BCUT2D eigenvalue weighted by atomic mass is 79.9. The van der Waals surface area contributed by atoms with E-state index in [0.717, 1.165) is 12.1 Å². The predicted molar refractivity (Wildman–Crippen MR) is 85.1 cm³/mol. The molecule has 0 N–H and O–H groups in total. The molecule has 0 aliphatic heterocycles. The second kappa shape index (κ2) is 4.97. The van der Waals surface area contributed by atoms with Crippen molar-refractivity contribution in [3.05, 3.63) is 61.9 Å². The molecule has 2 aromatic rings. The van der Waals surface area contributed by atoms with Gasteiger partial charge in [0, 0.05) is 6.20 Å². The summed E-state index contributed by atoms with van der Waals surface area (Å²) in [6, 6.07) is 3.16. The van der Waals surface area contributed by atoms with E-state index in [1.807, 2.05) is 0 Å². The van der Waals surface area contributed by atoms with E-state index < -0.39 is 26.7 Å². The molecule has 0 saturated heterocycles. The van der Waals surface area contributed by atoms with Gasteiger partial charge in [-0.25, -0.2) is 0 Å². The van der Waals surface area contributed by atoms with Gasteiger partial charge in [-0.3, -0.25) is 4.79 Å². The minimum Gasteiger partial charge on any atom is -0.306 e. The molecule has 1 aromatic carbocycles. The zero-order chi connectivity index (χ0) is 17.7. The maximum atomic E-state index is 12.7. The summed E-state index contributed by atoms with van der Waals surface area (Å²) in [7, 11) is -9.70. The Labute approximate surface area is 141 Å². The van der Waals surface area contributed by atoms with Crippen molar-refractivity contribution in [3.63, 3.8) is 0 Å². The first kappa shape index (κ1) is 18.3. The predicted octanol–water partition coefficient (Wildman–Crippen LogP) is 6.53. The van der Waals surface area contributed by atoms with Crippen LogP contribution in [-0.2, 0) is 0 Å². The van der Waals surface area contributed by atoms with Gasteiger partial charge in [0.15, 0.2) is 0 Å². The van der Waals surface area contributed by atoms with Crippen LogP contribution in [0.2, 0.25) is 5.02 Å². The van der Waals surface area contributed by atoms with Gasteiger partial charge in [0.05, 0.1) is 15.5 Å². The maximum Gasteiger partial charge on any atom is 0.310 e. The molecule has 0 spiro atoms. The largest absolute Gasteiger partial charge is 0.310 e. The Bertz CT molecular complexity index is 820. The smallest absolute Gasteiger partial charge is 0.306 e. The lowest BCUT2D eigenvalue weighted by atomic mass is 10.1. The summed E-state index contributed by atoms with van der Waals surface area (Å²) in [5.41, 5.74) is -0.189. The molecular weight excluding hydrogens is 429 g/mol. The molecule has 0 bridgehead atoms. The molecule has 0 fully saturated rings. The van der Waals surface area contributed by atoms with Gasteiger partial charge in [-0.05, 0) is 46.6 Å². The zero-order valence-electron chi connectivity index (χ0n) is 11.5. The highest BCUT2D eigenvalue weighted by Crippen LogP contribution is 3.02. The summed E-state index contributed by atoms with van der Waals surface area (Å²) in [5.74, 6) is 0. The lowest BCUT2D eigenvalue weighted by Gasteiger charge is -2.40. The fourth-order valence-corrected chi connectivity index (χ4v) is 3.43. The van der Waals surface area contributed by atoms with Gasteiger partial charge < -0.3 is 4.57 Å². The average Bonchev–Trinajstić information content (AvgIpc) is 2.40. The van der Waals surface area contributed by atoms with Crippen molar-refractivity contribution in [2.45, 2.75) is 17.9 Å². The molecule has 10 heteroatoms. The van der Waals surface area contributed by atoms with E-state index in [0.29, 0.717) is 12.1 Å². The topological polar surface area (TPSA) is 22.0 Å². The number of rotatable bonds is 3. The van der Waals surface area contributed by atoms with E-state index >= 15 is 0 Å². The molecule has 1 heterocycles. The number of nitrogens with zero attached hydrogens (tertiary/aromatic N) is 1. The second-order valence-corrected chi connectivity index (χ2v) is 8.63. The van der Waals surface area contributed by atoms with Gasteiger partial charge in [-0.2, -0.15) is 0 Å². The van der Waals surface area contributed by atoms with Crippen LogP contribution in [-0.4, -0.2) is 4.57 Å². The highest BCUT2D eigenvalue weighted by molar-refractivity contribution is 9.10. The number of hydrogen-bond donors (Lipinski definition) is 0. The van der Waals surface area contributed by atoms with Crippen molar-refractivity contribution in [1.29, 1.82) is 0 Å². The van der Waals surface area contributed by atoms with E-state index in [1.54, 1.807) is 6.92 Å². The van der Waals surface area contributed by atoms with Crippen LogP contribution in [0.3, 0.4) is 0 Å². The van der Waals surface area contributed by atoms with Crippen LogP contribution in [0.5, 0.6) is 0 Å². The Kier molecular flexibility index (Phi) is 3.95. The number of pyridine rings is 1. The quantitative estimate of drug-likeness (QED) is 0.499. The standard InChI is InChI=1S/C13H10BrClF5NOS/c1-8(21-7-10(15)6-12(14)13(21)22)9-2-4-11(5-3-9)23(16,17,18,19)20/h2-8H,1H3. The first-order valence-corrected chi connectivity index (χ1v) is 9.22. The van der Waals surface area contributed by atoms with Crippen LogP contribution >= 0.6 is 37.8 Å². The molecule has 0 saturated carbocycles. The molecule has 1 atom stereocenters. The third-order valence-corrected chi connectivity index (χ3v) is 5.13. The molecule has 128 valence electrons. The summed E-state index contributed by atoms with van der Waals surface area (Å²) in [6.45, 7) is 1.54. The summed E-state index contributed by atoms with van der Waals surface area (Å²) in [5, 5.41) is 0.243. The number of halogens is 7. The Morgan fingerprint density at radius 1 is 1.13 bits per heavy atom. The molecular formula is C13H10BrClF5NOS. The Hall–Kier alpha value is -1.06. The summed E-state index contributed by atoms with van der Waals surface area (Å²) in [4.78, 5) is 10.1. The fourth-order valence-electron chi connectivity index (χ4n) is 1.99. The first-order chi connectivity index (χ1) is 10.2. The van der Waals surface area contributed by atoms with Crippen molar-refractivity contribution in [2.24, 2.45) is 0 Å². The maximum absolute atomic E-state index is 12.7. The molecule has 0 amide bonds. The molecule has 0 aliphatic rings. The van der Waals surface area contributed by atoms with E-state index in [1.165, 1.54) is 16.8 Å². The van der Waals surface area contributed by atoms with E-state index in [-0.39, 0.29) is 15.1 Å². The lowest BCUT2D eigenvalue weighted by molar-refractivity contribution is 0.364. The Morgan fingerprint density at radius 3 is 2.13 bits per heavy atom. The Balaban J connectivity index is 2.48. The third-order valence-electron chi connectivity index (χ3n) is 3.19. The van der Waals surface area contributed by atoms with Gasteiger partial charge in [0.2, 0.25) is 0 Å². The van der Waals surface area contributed by atoms with Crippen molar-refractivity contribution in [3.8, 4) is 0 Å². The molecule has 2 nitrogen and oxygen atoms in total. The van der Waals surface area contributed by atoms with E-state index in [4.69, 9.17) is 11.6 Å². The van der Waals surface area contributed by atoms with Gasteiger partial charge in [-0.1, -0.05) is 43.2 Å². The first-order valence-electron chi connectivity index (χ1n) is 6.10. The van der Waals surface area contributed by atoms with Crippen LogP contribution < -0.4 is 5.56 Å².